The van der Waals surface area contributed by atoms with Crippen molar-refractivity contribution in [1.82, 2.24) is 10.2 Å². The molecule has 3 rings (SSSR count). The third kappa shape index (κ3) is 5.45. The van der Waals surface area contributed by atoms with E-state index < -0.39 is 0 Å². The number of hydrogen-bond acceptors (Lipinski definition) is 4. The van der Waals surface area contributed by atoms with Crippen molar-refractivity contribution in [2.45, 2.75) is 45.1 Å². The van der Waals surface area contributed by atoms with E-state index in [9.17, 15) is 14.4 Å². The Kier molecular flexibility index (Phi) is 6.32. The van der Waals surface area contributed by atoms with Crippen LogP contribution in [0.25, 0.3) is 0 Å². The zero-order valence-corrected chi connectivity index (χ0v) is 15.7. The van der Waals surface area contributed by atoms with Gasteiger partial charge in [0.1, 0.15) is 0 Å². The second-order valence-electron chi connectivity index (χ2n) is 7.19. The van der Waals surface area contributed by atoms with Crippen LogP contribution in [0.15, 0.2) is 24.3 Å². The molecule has 7 heteroatoms. The summed E-state index contributed by atoms with van der Waals surface area (Å²) in [7, 11) is 0. The lowest BCUT2D eigenvalue weighted by Gasteiger charge is -2.32. The first-order chi connectivity index (χ1) is 13.1. The minimum Gasteiger partial charge on any atom is -0.462 e. The molecule has 0 unspecified atom stereocenters. The molecule has 1 saturated carbocycles. The Balaban J connectivity index is 1.43. The van der Waals surface area contributed by atoms with Crippen LogP contribution in [0.2, 0.25) is 0 Å². The van der Waals surface area contributed by atoms with Crippen molar-refractivity contribution in [2.24, 2.45) is 5.92 Å². The van der Waals surface area contributed by atoms with E-state index in [4.69, 9.17) is 4.74 Å². The third-order valence-corrected chi connectivity index (χ3v) is 4.89. The van der Waals surface area contributed by atoms with E-state index in [-0.39, 0.29) is 29.9 Å². The number of likely N-dealkylation sites (tertiary alicyclic amines) is 1. The number of anilines is 1. The number of nitrogens with zero attached hydrogens (tertiary/aromatic N) is 1. The van der Waals surface area contributed by atoms with Gasteiger partial charge in [-0.1, -0.05) is 6.92 Å². The number of nitrogens with one attached hydrogen (secondary N) is 2. The number of amides is 3. The van der Waals surface area contributed by atoms with Gasteiger partial charge in [0.2, 0.25) is 5.91 Å². The van der Waals surface area contributed by atoms with Crippen LogP contribution in [-0.4, -0.2) is 48.5 Å². The molecule has 0 atom stereocenters. The lowest BCUT2D eigenvalue weighted by molar-refractivity contribution is -0.123. The van der Waals surface area contributed by atoms with Gasteiger partial charge in [-0.05, 0) is 56.4 Å². The van der Waals surface area contributed by atoms with Crippen LogP contribution in [0.5, 0.6) is 0 Å². The van der Waals surface area contributed by atoms with E-state index in [1.807, 2.05) is 6.92 Å². The van der Waals surface area contributed by atoms with Crippen molar-refractivity contribution < 1.29 is 19.1 Å². The summed E-state index contributed by atoms with van der Waals surface area (Å²) in [5.74, 6) is 0.0223. The fourth-order valence-electron chi connectivity index (χ4n) is 3.06. The maximum absolute atomic E-state index is 12.4. The Labute approximate surface area is 159 Å². The molecule has 3 amide bonds. The summed E-state index contributed by atoms with van der Waals surface area (Å²) in [6, 6.07) is 6.69. The van der Waals surface area contributed by atoms with Crippen LogP contribution >= 0.6 is 0 Å². The van der Waals surface area contributed by atoms with Gasteiger partial charge in [-0.2, -0.15) is 0 Å². The molecule has 0 bridgehead atoms. The number of esters is 1. The van der Waals surface area contributed by atoms with Crippen LogP contribution in [0.4, 0.5) is 10.5 Å². The van der Waals surface area contributed by atoms with Gasteiger partial charge in [0, 0.05) is 30.7 Å². The highest BCUT2D eigenvalue weighted by Gasteiger charge is 2.32. The number of piperidine rings is 1. The molecule has 1 aromatic rings. The van der Waals surface area contributed by atoms with Gasteiger partial charge in [0.05, 0.1) is 12.2 Å². The second-order valence-corrected chi connectivity index (χ2v) is 7.19. The maximum atomic E-state index is 12.4. The van der Waals surface area contributed by atoms with Gasteiger partial charge in [0.25, 0.3) is 0 Å². The Hall–Kier alpha value is -2.57. The predicted octanol–water partition coefficient (Wildman–Crippen LogP) is 2.78. The standard InChI is InChI=1S/C20H27N3O4/c1-2-13-27-19(25)15-5-7-16(8-6-15)22-20(26)23-11-9-17(10-12-23)21-18(24)14-3-4-14/h5-8,14,17H,2-4,9-13H2,1H3,(H,21,24)(H,22,26). The SMILES string of the molecule is CCCOC(=O)c1ccc(NC(=O)N2CCC(NC(=O)C3CC3)CC2)cc1. The average molecular weight is 373 g/mol. The van der Waals surface area contributed by atoms with Crippen LogP contribution in [-0.2, 0) is 9.53 Å². The summed E-state index contributed by atoms with van der Waals surface area (Å²) in [5, 5.41) is 5.93. The van der Waals surface area contributed by atoms with Gasteiger partial charge in [-0.3, -0.25) is 4.79 Å². The minimum atomic E-state index is -0.356. The number of ether oxygens (including phenoxy) is 1. The van der Waals surface area contributed by atoms with Crippen molar-refractivity contribution in [3.8, 4) is 0 Å². The molecular formula is C20H27N3O4. The molecule has 146 valence electrons. The molecule has 2 N–H and O–H groups in total. The van der Waals surface area contributed by atoms with E-state index in [0.717, 1.165) is 32.1 Å². The highest BCUT2D eigenvalue weighted by molar-refractivity contribution is 5.92. The van der Waals surface area contributed by atoms with E-state index in [1.165, 1.54) is 0 Å². The molecule has 7 nitrogen and oxygen atoms in total. The minimum absolute atomic E-state index is 0.162. The zero-order valence-electron chi connectivity index (χ0n) is 15.7. The third-order valence-electron chi connectivity index (χ3n) is 4.89. The Bertz CT molecular complexity index is 677. The normalized spacial score (nSPS) is 17.3. The monoisotopic (exact) mass is 373 g/mol. The highest BCUT2D eigenvalue weighted by atomic mass is 16.5. The van der Waals surface area contributed by atoms with Crippen molar-refractivity contribution in [2.75, 3.05) is 25.0 Å². The van der Waals surface area contributed by atoms with Gasteiger partial charge in [0.15, 0.2) is 0 Å². The molecule has 2 aliphatic rings. The molecule has 1 heterocycles. The molecule has 1 aliphatic heterocycles. The number of carbonyl (C=O) groups excluding carboxylic acids is 3. The smallest absolute Gasteiger partial charge is 0.338 e. The number of carbonyl (C=O) groups is 3. The Morgan fingerprint density at radius 2 is 1.74 bits per heavy atom. The Morgan fingerprint density at radius 1 is 1.07 bits per heavy atom. The summed E-state index contributed by atoms with van der Waals surface area (Å²) >= 11 is 0. The van der Waals surface area contributed by atoms with Gasteiger partial charge in [-0.15, -0.1) is 0 Å². The van der Waals surface area contributed by atoms with Crippen molar-refractivity contribution in [1.29, 1.82) is 0 Å². The molecule has 27 heavy (non-hydrogen) atoms. The molecule has 0 aromatic heterocycles. The number of hydrogen-bond donors (Lipinski definition) is 2. The molecular weight excluding hydrogens is 346 g/mol. The summed E-state index contributed by atoms with van der Waals surface area (Å²) in [4.78, 5) is 37.8. The van der Waals surface area contributed by atoms with E-state index in [2.05, 4.69) is 10.6 Å². The van der Waals surface area contributed by atoms with Crippen LogP contribution in [0.3, 0.4) is 0 Å². The first-order valence-electron chi connectivity index (χ1n) is 9.70. The lowest BCUT2D eigenvalue weighted by atomic mass is 10.1. The largest absolute Gasteiger partial charge is 0.462 e. The highest BCUT2D eigenvalue weighted by Crippen LogP contribution is 2.29. The predicted molar refractivity (Wildman–Crippen MR) is 101 cm³/mol. The lowest BCUT2D eigenvalue weighted by Crippen LogP contribution is -2.48. The quantitative estimate of drug-likeness (QED) is 0.751. The first-order valence-corrected chi connectivity index (χ1v) is 9.70. The summed E-state index contributed by atoms with van der Waals surface area (Å²) in [5.41, 5.74) is 1.10. The van der Waals surface area contributed by atoms with Crippen LogP contribution < -0.4 is 10.6 Å². The molecule has 0 radical (unpaired) electrons. The summed E-state index contributed by atoms with van der Waals surface area (Å²) < 4.78 is 5.08. The molecule has 1 aliphatic carbocycles. The topological polar surface area (TPSA) is 87.7 Å². The van der Waals surface area contributed by atoms with Gasteiger partial charge >= 0.3 is 12.0 Å². The van der Waals surface area contributed by atoms with E-state index in [0.29, 0.717) is 30.9 Å². The summed E-state index contributed by atoms with van der Waals surface area (Å²) in [6.07, 6.45) is 4.33. The fraction of sp³-hybridized carbons (Fsp3) is 0.550. The second kappa shape index (κ2) is 8.88. The van der Waals surface area contributed by atoms with Crippen molar-refractivity contribution in [3.05, 3.63) is 29.8 Å². The molecule has 2 fully saturated rings. The fourth-order valence-corrected chi connectivity index (χ4v) is 3.06. The van der Waals surface area contributed by atoms with Crippen molar-refractivity contribution >= 4 is 23.6 Å². The summed E-state index contributed by atoms with van der Waals surface area (Å²) in [6.45, 7) is 3.57. The van der Waals surface area contributed by atoms with Crippen LogP contribution in [0, 0.1) is 5.92 Å². The van der Waals surface area contributed by atoms with Gasteiger partial charge < -0.3 is 20.3 Å². The first kappa shape index (κ1) is 19.2. The number of rotatable bonds is 6. The van der Waals surface area contributed by atoms with Gasteiger partial charge in [-0.25, -0.2) is 9.59 Å². The zero-order chi connectivity index (χ0) is 19.2. The van der Waals surface area contributed by atoms with Crippen LogP contribution in [0.1, 0.15) is 49.4 Å². The maximum Gasteiger partial charge on any atom is 0.338 e. The number of benzene rings is 1. The molecule has 1 aromatic carbocycles. The average Bonchev–Trinajstić information content (AvgIpc) is 3.52. The van der Waals surface area contributed by atoms with E-state index in [1.54, 1.807) is 29.2 Å². The number of urea groups is 1. The van der Waals surface area contributed by atoms with E-state index >= 15 is 0 Å². The van der Waals surface area contributed by atoms with Crippen molar-refractivity contribution in [3.63, 3.8) is 0 Å². The molecule has 0 spiro atoms. The molecule has 1 saturated heterocycles. The Morgan fingerprint density at radius 3 is 2.33 bits per heavy atom.